The predicted molar refractivity (Wildman–Crippen MR) is 85.4 cm³/mol. The molecule has 0 saturated heterocycles. The molecule has 2 aromatic carbocycles. The molecule has 0 aliphatic heterocycles. The van der Waals surface area contributed by atoms with Gasteiger partial charge in [-0.2, -0.15) is 0 Å². The summed E-state index contributed by atoms with van der Waals surface area (Å²) in [7, 11) is 0. The van der Waals surface area contributed by atoms with Gasteiger partial charge >= 0.3 is 0 Å². The van der Waals surface area contributed by atoms with Crippen LogP contribution in [-0.2, 0) is 17.6 Å². The van der Waals surface area contributed by atoms with Gasteiger partial charge in [0.15, 0.2) is 5.78 Å². The quantitative estimate of drug-likeness (QED) is 0.794. The van der Waals surface area contributed by atoms with Gasteiger partial charge in [-0.3, -0.25) is 4.79 Å². The van der Waals surface area contributed by atoms with Crippen LogP contribution in [0.2, 0.25) is 0 Å². The van der Waals surface area contributed by atoms with E-state index in [9.17, 15) is 4.79 Å². The van der Waals surface area contributed by atoms with E-state index in [4.69, 9.17) is 0 Å². The first-order valence-corrected chi connectivity index (χ1v) is 6.65. The number of carbonyl (C=O) groups excluding carboxylic acids is 1. The Morgan fingerprint density at radius 3 is 2.00 bits per heavy atom. The average Bonchev–Trinajstić information content (AvgIpc) is 2.46. The zero-order valence-corrected chi connectivity index (χ0v) is 12.2. The molecule has 0 aliphatic rings. The van der Waals surface area contributed by atoms with Gasteiger partial charge in [-0.1, -0.05) is 60.7 Å². The summed E-state index contributed by atoms with van der Waals surface area (Å²) in [6, 6.07) is 20.2. The van der Waals surface area contributed by atoms with E-state index in [-0.39, 0.29) is 18.2 Å². The summed E-state index contributed by atoms with van der Waals surface area (Å²) in [5.74, 6) is 0.235. The second-order valence-electron chi connectivity index (χ2n) is 4.61. The summed E-state index contributed by atoms with van der Waals surface area (Å²) >= 11 is 0. The van der Waals surface area contributed by atoms with Crippen LogP contribution in [0.5, 0.6) is 0 Å². The SMILES string of the molecule is Cl.O=C(CNCCc1ccccc1)Cc1ccccc1. The normalized spacial score (nSPS) is 9.80. The van der Waals surface area contributed by atoms with Crippen molar-refractivity contribution in [3.63, 3.8) is 0 Å². The van der Waals surface area contributed by atoms with Crippen molar-refractivity contribution in [2.75, 3.05) is 13.1 Å². The molecule has 0 radical (unpaired) electrons. The van der Waals surface area contributed by atoms with Crippen LogP contribution in [0.3, 0.4) is 0 Å². The lowest BCUT2D eigenvalue weighted by Gasteiger charge is -2.04. The minimum Gasteiger partial charge on any atom is -0.310 e. The monoisotopic (exact) mass is 289 g/mol. The first kappa shape index (κ1) is 16.4. The lowest BCUT2D eigenvalue weighted by molar-refractivity contribution is -0.117. The number of halogens is 1. The van der Waals surface area contributed by atoms with Gasteiger partial charge in [-0.05, 0) is 24.1 Å². The van der Waals surface area contributed by atoms with E-state index in [0.717, 1.165) is 18.5 Å². The smallest absolute Gasteiger partial charge is 0.150 e. The highest BCUT2D eigenvalue weighted by Crippen LogP contribution is 2.00. The molecule has 0 aromatic heterocycles. The molecule has 3 heteroatoms. The topological polar surface area (TPSA) is 29.1 Å². The van der Waals surface area contributed by atoms with Crippen LogP contribution in [-0.4, -0.2) is 18.9 Å². The number of hydrogen-bond donors (Lipinski definition) is 1. The molecule has 0 atom stereocenters. The van der Waals surface area contributed by atoms with Gasteiger partial charge in [0, 0.05) is 6.42 Å². The number of ketones is 1. The van der Waals surface area contributed by atoms with E-state index in [0.29, 0.717) is 13.0 Å². The molecule has 0 amide bonds. The number of benzene rings is 2. The Bertz CT molecular complexity index is 499. The fourth-order valence-corrected chi connectivity index (χ4v) is 1.99. The highest BCUT2D eigenvalue weighted by Gasteiger charge is 2.02. The first-order chi connectivity index (χ1) is 9.34. The lowest BCUT2D eigenvalue weighted by atomic mass is 10.1. The standard InChI is InChI=1S/C17H19NO.ClH/c19-17(13-16-9-5-2-6-10-16)14-18-12-11-15-7-3-1-4-8-15;/h1-10,18H,11-14H2;1H. The summed E-state index contributed by atoms with van der Waals surface area (Å²) in [5.41, 5.74) is 2.38. The maximum atomic E-state index is 11.8. The second-order valence-corrected chi connectivity index (χ2v) is 4.61. The molecule has 1 N–H and O–H groups in total. The van der Waals surface area contributed by atoms with E-state index in [2.05, 4.69) is 17.4 Å². The van der Waals surface area contributed by atoms with Crippen LogP contribution in [0.25, 0.3) is 0 Å². The number of carbonyl (C=O) groups is 1. The Hall–Kier alpha value is -1.64. The molecule has 106 valence electrons. The lowest BCUT2D eigenvalue weighted by Crippen LogP contribution is -2.26. The van der Waals surface area contributed by atoms with Crippen LogP contribution in [0, 0.1) is 0 Å². The van der Waals surface area contributed by atoms with Gasteiger partial charge < -0.3 is 5.32 Å². The highest BCUT2D eigenvalue weighted by atomic mass is 35.5. The van der Waals surface area contributed by atoms with Crippen LogP contribution < -0.4 is 5.32 Å². The Kier molecular flexibility index (Phi) is 7.63. The summed E-state index contributed by atoms with van der Waals surface area (Å²) in [6.07, 6.45) is 1.47. The zero-order chi connectivity index (χ0) is 13.3. The molecule has 2 aromatic rings. The van der Waals surface area contributed by atoms with Gasteiger partial charge in [0.2, 0.25) is 0 Å². The third-order valence-corrected chi connectivity index (χ3v) is 3.00. The van der Waals surface area contributed by atoms with Gasteiger partial charge in [-0.15, -0.1) is 12.4 Å². The van der Waals surface area contributed by atoms with E-state index in [1.807, 2.05) is 48.5 Å². The minimum atomic E-state index is 0. The molecule has 0 unspecified atom stereocenters. The predicted octanol–water partition coefficient (Wildman–Crippen LogP) is 3.05. The number of rotatable bonds is 7. The molecule has 0 aliphatic carbocycles. The maximum Gasteiger partial charge on any atom is 0.150 e. The molecule has 0 saturated carbocycles. The second kappa shape index (κ2) is 9.29. The third kappa shape index (κ3) is 6.00. The Balaban J connectivity index is 0.00000200. The Labute approximate surface area is 126 Å². The molecule has 20 heavy (non-hydrogen) atoms. The molecule has 0 heterocycles. The molecule has 0 spiro atoms. The number of hydrogen-bond acceptors (Lipinski definition) is 2. The Morgan fingerprint density at radius 2 is 1.40 bits per heavy atom. The molecule has 2 nitrogen and oxygen atoms in total. The fourth-order valence-electron chi connectivity index (χ4n) is 1.99. The van der Waals surface area contributed by atoms with Crippen LogP contribution in [0.1, 0.15) is 11.1 Å². The summed E-state index contributed by atoms with van der Waals surface area (Å²) < 4.78 is 0. The number of Topliss-reactive ketones (excluding diaryl/α,β-unsaturated/α-hetero) is 1. The molecular formula is C17H20ClNO. The summed E-state index contributed by atoms with van der Waals surface area (Å²) in [5, 5.41) is 3.20. The summed E-state index contributed by atoms with van der Waals surface area (Å²) in [6.45, 7) is 1.28. The van der Waals surface area contributed by atoms with Gasteiger partial charge in [0.25, 0.3) is 0 Å². The maximum absolute atomic E-state index is 11.8. The Morgan fingerprint density at radius 1 is 0.850 bits per heavy atom. The molecular weight excluding hydrogens is 270 g/mol. The molecule has 2 rings (SSSR count). The third-order valence-electron chi connectivity index (χ3n) is 3.00. The summed E-state index contributed by atoms with van der Waals surface area (Å²) in [4.78, 5) is 11.8. The highest BCUT2D eigenvalue weighted by molar-refractivity contribution is 5.85. The van der Waals surface area contributed by atoms with Crippen molar-refractivity contribution in [1.29, 1.82) is 0 Å². The fraction of sp³-hybridized carbons (Fsp3) is 0.235. The van der Waals surface area contributed by atoms with Crippen molar-refractivity contribution in [3.8, 4) is 0 Å². The van der Waals surface area contributed by atoms with E-state index in [1.165, 1.54) is 5.56 Å². The van der Waals surface area contributed by atoms with Crippen LogP contribution in [0.4, 0.5) is 0 Å². The number of nitrogens with one attached hydrogen (secondary N) is 1. The van der Waals surface area contributed by atoms with Crippen molar-refractivity contribution >= 4 is 18.2 Å². The van der Waals surface area contributed by atoms with Crippen molar-refractivity contribution < 1.29 is 4.79 Å². The van der Waals surface area contributed by atoms with Gasteiger partial charge in [0.1, 0.15) is 0 Å². The van der Waals surface area contributed by atoms with E-state index in [1.54, 1.807) is 0 Å². The molecule has 0 fully saturated rings. The first-order valence-electron chi connectivity index (χ1n) is 6.65. The van der Waals surface area contributed by atoms with E-state index < -0.39 is 0 Å². The van der Waals surface area contributed by atoms with Crippen LogP contribution >= 0.6 is 12.4 Å². The van der Waals surface area contributed by atoms with Crippen molar-refractivity contribution in [3.05, 3.63) is 71.8 Å². The van der Waals surface area contributed by atoms with Gasteiger partial charge in [0.05, 0.1) is 6.54 Å². The molecule has 0 bridgehead atoms. The van der Waals surface area contributed by atoms with Gasteiger partial charge in [-0.25, -0.2) is 0 Å². The van der Waals surface area contributed by atoms with Crippen molar-refractivity contribution in [2.45, 2.75) is 12.8 Å². The largest absolute Gasteiger partial charge is 0.310 e. The average molecular weight is 290 g/mol. The van der Waals surface area contributed by atoms with Crippen molar-refractivity contribution in [2.24, 2.45) is 0 Å². The zero-order valence-electron chi connectivity index (χ0n) is 11.4. The van der Waals surface area contributed by atoms with Crippen LogP contribution in [0.15, 0.2) is 60.7 Å². The van der Waals surface area contributed by atoms with Crippen molar-refractivity contribution in [1.82, 2.24) is 5.32 Å². The van der Waals surface area contributed by atoms with E-state index >= 15 is 0 Å². The minimum absolute atomic E-state index is 0.